The van der Waals surface area contributed by atoms with Gasteiger partial charge in [-0.25, -0.2) is 4.39 Å². The molecule has 1 aliphatic rings. The van der Waals surface area contributed by atoms with Crippen LogP contribution in [0.15, 0.2) is 23.1 Å². The van der Waals surface area contributed by atoms with Crippen molar-refractivity contribution in [3.05, 3.63) is 29.6 Å². The summed E-state index contributed by atoms with van der Waals surface area (Å²) in [6, 6.07) is 4.35. The van der Waals surface area contributed by atoms with Crippen LogP contribution in [-0.4, -0.2) is 30.2 Å². The molecule has 2 rings (SSSR count). The van der Waals surface area contributed by atoms with Crippen LogP contribution < -0.4 is 5.73 Å². The summed E-state index contributed by atoms with van der Waals surface area (Å²) in [6.07, 6.45) is 0. The Bertz CT molecular complexity index is 371. The van der Waals surface area contributed by atoms with Crippen molar-refractivity contribution in [1.82, 2.24) is 0 Å². The lowest BCUT2D eigenvalue weighted by Crippen LogP contribution is -2.30. The van der Waals surface area contributed by atoms with E-state index in [0.717, 1.165) is 0 Å². The van der Waals surface area contributed by atoms with Gasteiger partial charge in [0.1, 0.15) is 5.82 Å². The Morgan fingerprint density at radius 1 is 1.56 bits per heavy atom. The molecule has 1 aromatic rings. The summed E-state index contributed by atoms with van der Waals surface area (Å²) >= 11 is 1.48. The number of thioether (sulfide) groups is 1. The maximum absolute atomic E-state index is 13.7. The third-order valence-electron chi connectivity index (χ3n) is 2.48. The number of hydrogen-bond acceptors (Lipinski definition) is 4. The predicted molar refractivity (Wildman–Crippen MR) is 60.9 cm³/mol. The van der Waals surface area contributed by atoms with Gasteiger partial charge in [-0.1, -0.05) is 6.07 Å². The van der Waals surface area contributed by atoms with Gasteiger partial charge in [0.05, 0.1) is 31.1 Å². The number of halogens is 1. The Morgan fingerprint density at radius 3 is 2.81 bits per heavy atom. The summed E-state index contributed by atoms with van der Waals surface area (Å²) in [5.74, 6) is -0.279. The number of ether oxygens (including phenoxy) is 1. The van der Waals surface area contributed by atoms with Crippen LogP contribution in [0.2, 0.25) is 0 Å². The smallest absolute Gasteiger partial charge is 0.137 e. The Labute approximate surface area is 97.8 Å². The number of hydrogen-bond donors (Lipinski definition) is 2. The number of rotatable bonds is 4. The van der Waals surface area contributed by atoms with E-state index in [1.807, 2.05) is 0 Å². The van der Waals surface area contributed by atoms with Gasteiger partial charge in [0.2, 0.25) is 0 Å². The van der Waals surface area contributed by atoms with Crippen molar-refractivity contribution in [1.29, 1.82) is 0 Å². The number of nitrogens with two attached hydrogens (primary N) is 1. The van der Waals surface area contributed by atoms with Crippen LogP contribution in [0.3, 0.4) is 0 Å². The Balaban J connectivity index is 2.09. The van der Waals surface area contributed by atoms with Gasteiger partial charge < -0.3 is 15.6 Å². The molecule has 1 heterocycles. The van der Waals surface area contributed by atoms with Gasteiger partial charge in [0, 0.05) is 4.90 Å². The third kappa shape index (κ3) is 2.55. The van der Waals surface area contributed by atoms with Crippen molar-refractivity contribution >= 4 is 11.8 Å². The minimum absolute atomic E-state index is 0.178. The monoisotopic (exact) mass is 243 g/mol. The molecule has 0 saturated carbocycles. The second kappa shape index (κ2) is 5.14. The lowest BCUT2D eigenvalue weighted by molar-refractivity contribution is 0.0455. The highest BCUT2D eigenvalue weighted by atomic mass is 32.2. The van der Waals surface area contributed by atoms with E-state index >= 15 is 0 Å². The quantitative estimate of drug-likeness (QED) is 0.837. The van der Waals surface area contributed by atoms with Crippen LogP contribution >= 0.6 is 11.8 Å². The van der Waals surface area contributed by atoms with E-state index in [4.69, 9.17) is 15.6 Å². The number of aliphatic hydroxyl groups excluding tert-OH is 1. The molecule has 16 heavy (non-hydrogen) atoms. The lowest BCUT2D eigenvalue weighted by Gasteiger charge is -2.25. The molecule has 88 valence electrons. The zero-order valence-corrected chi connectivity index (χ0v) is 9.54. The molecule has 1 unspecified atom stereocenters. The SMILES string of the molecule is NC(CO)c1ccc(SC2COC2)c(F)c1. The summed E-state index contributed by atoms with van der Waals surface area (Å²) in [6.45, 7) is 1.19. The predicted octanol–water partition coefficient (Wildman–Crippen LogP) is 1.31. The van der Waals surface area contributed by atoms with Crippen molar-refractivity contribution in [3.63, 3.8) is 0 Å². The first-order valence-electron chi connectivity index (χ1n) is 5.11. The van der Waals surface area contributed by atoms with Gasteiger partial charge in [-0.2, -0.15) is 0 Å². The van der Waals surface area contributed by atoms with Crippen LogP contribution in [0.25, 0.3) is 0 Å². The van der Waals surface area contributed by atoms with Crippen LogP contribution in [0.1, 0.15) is 11.6 Å². The first-order chi connectivity index (χ1) is 7.70. The average molecular weight is 243 g/mol. The van der Waals surface area contributed by atoms with Crippen molar-refractivity contribution in [3.8, 4) is 0 Å². The van der Waals surface area contributed by atoms with E-state index in [1.54, 1.807) is 12.1 Å². The second-order valence-corrected chi connectivity index (χ2v) is 5.10. The Morgan fingerprint density at radius 2 is 2.31 bits per heavy atom. The molecule has 5 heteroatoms. The van der Waals surface area contributed by atoms with Gasteiger partial charge >= 0.3 is 0 Å². The van der Waals surface area contributed by atoms with Gasteiger partial charge in [0.15, 0.2) is 0 Å². The third-order valence-corrected chi connectivity index (χ3v) is 3.67. The highest BCUT2D eigenvalue weighted by Crippen LogP contribution is 2.31. The normalized spacial score (nSPS) is 18.2. The summed E-state index contributed by atoms with van der Waals surface area (Å²) < 4.78 is 18.7. The molecule has 1 saturated heterocycles. The van der Waals surface area contributed by atoms with Crippen LogP contribution in [0.5, 0.6) is 0 Å². The highest BCUT2D eigenvalue weighted by Gasteiger charge is 2.21. The van der Waals surface area contributed by atoms with E-state index in [2.05, 4.69) is 0 Å². The fourth-order valence-electron chi connectivity index (χ4n) is 1.41. The maximum atomic E-state index is 13.7. The molecule has 3 N–H and O–H groups in total. The molecule has 0 spiro atoms. The summed E-state index contributed by atoms with van der Waals surface area (Å²) in [7, 11) is 0. The first-order valence-corrected chi connectivity index (χ1v) is 5.99. The van der Waals surface area contributed by atoms with Crippen molar-refractivity contribution in [2.45, 2.75) is 16.2 Å². The molecule has 0 radical (unpaired) electrons. The summed E-state index contributed by atoms with van der Waals surface area (Å²) in [5, 5.41) is 9.23. The van der Waals surface area contributed by atoms with Crippen LogP contribution in [-0.2, 0) is 4.74 Å². The molecule has 3 nitrogen and oxygen atoms in total. The van der Waals surface area contributed by atoms with Gasteiger partial charge in [0.25, 0.3) is 0 Å². The fraction of sp³-hybridized carbons (Fsp3) is 0.455. The molecule has 0 aliphatic carbocycles. The standard InChI is InChI=1S/C11H14FNO2S/c12-9-3-7(10(13)4-14)1-2-11(9)16-8-5-15-6-8/h1-3,8,10,14H,4-6,13H2. The first kappa shape index (κ1) is 11.9. The Kier molecular flexibility index (Phi) is 3.81. The van der Waals surface area contributed by atoms with Gasteiger partial charge in [-0.05, 0) is 17.7 Å². The highest BCUT2D eigenvalue weighted by molar-refractivity contribution is 8.00. The van der Waals surface area contributed by atoms with Crippen molar-refractivity contribution in [2.75, 3.05) is 19.8 Å². The molecular weight excluding hydrogens is 229 g/mol. The molecule has 1 fully saturated rings. The van der Waals surface area contributed by atoms with Crippen LogP contribution in [0.4, 0.5) is 4.39 Å². The largest absolute Gasteiger partial charge is 0.394 e. The zero-order valence-electron chi connectivity index (χ0n) is 8.73. The number of benzene rings is 1. The van der Waals surface area contributed by atoms with Crippen molar-refractivity contribution in [2.24, 2.45) is 5.73 Å². The zero-order chi connectivity index (χ0) is 11.5. The molecular formula is C11H14FNO2S. The van der Waals surface area contributed by atoms with E-state index in [0.29, 0.717) is 28.9 Å². The van der Waals surface area contributed by atoms with E-state index in [-0.39, 0.29) is 12.4 Å². The second-order valence-electron chi connectivity index (χ2n) is 3.76. The minimum Gasteiger partial charge on any atom is -0.394 e. The summed E-state index contributed by atoms with van der Waals surface area (Å²) in [4.78, 5) is 0.613. The minimum atomic E-state index is -0.513. The average Bonchev–Trinajstić information content (AvgIpc) is 2.23. The van der Waals surface area contributed by atoms with Gasteiger partial charge in [-0.15, -0.1) is 11.8 Å². The molecule has 0 amide bonds. The Hall–Kier alpha value is -0.620. The molecule has 0 bridgehead atoms. The topological polar surface area (TPSA) is 55.5 Å². The molecule has 0 aromatic heterocycles. The number of aliphatic hydroxyl groups is 1. The van der Waals surface area contributed by atoms with Crippen molar-refractivity contribution < 1.29 is 14.2 Å². The van der Waals surface area contributed by atoms with Crippen LogP contribution in [0, 0.1) is 5.82 Å². The van der Waals surface area contributed by atoms with Gasteiger partial charge in [-0.3, -0.25) is 0 Å². The fourth-order valence-corrected chi connectivity index (χ4v) is 2.42. The molecule has 1 atom stereocenters. The van der Waals surface area contributed by atoms with E-state index in [1.165, 1.54) is 17.8 Å². The lowest BCUT2D eigenvalue weighted by atomic mass is 10.1. The molecule has 1 aromatic carbocycles. The van der Waals surface area contributed by atoms with E-state index in [9.17, 15) is 4.39 Å². The maximum Gasteiger partial charge on any atom is 0.137 e. The van der Waals surface area contributed by atoms with E-state index < -0.39 is 6.04 Å². The molecule has 1 aliphatic heterocycles. The summed E-state index contributed by atoms with van der Waals surface area (Å²) in [5.41, 5.74) is 6.23.